The average molecular weight is 267 g/mol. The first-order valence-electron chi connectivity index (χ1n) is 5.23. The fourth-order valence-corrected chi connectivity index (χ4v) is 2.66. The predicted molar refractivity (Wildman–Crippen MR) is 67.3 cm³/mol. The summed E-state index contributed by atoms with van der Waals surface area (Å²) in [4.78, 5) is 0.499. The van der Waals surface area contributed by atoms with Crippen LogP contribution in [0, 0.1) is 11.6 Å². The van der Waals surface area contributed by atoms with E-state index in [1.54, 1.807) is 6.07 Å². The zero-order valence-corrected chi connectivity index (χ0v) is 10.2. The molecule has 0 bridgehead atoms. The Hall–Kier alpha value is -1.75. The van der Waals surface area contributed by atoms with Crippen LogP contribution in [0.2, 0.25) is 0 Å². The second-order valence-electron chi connectivity index (χ2n) is 3.84. The lowest BCUT2D eigenvalue weighted by atomic mass is 10.2. The molecule has 0 saturated heterocycles. The van der Waals surface area contributed by atoms with Crippen molar-refractivity contribution in [2.24, 2.45) is 0 Å². The number of anilines is 1. The molecule has 5 heteroatoms. The summed E-state index contributed by atoms with van der Waals surface area (Å²) < 4.78 is 37.8. The van der Waals surface area contributed by atoms with Crippen LogP contribution in [0.25, 0.3) is 0 Å². The van der Waals surface area contributed by atoms with E-state index < -0.39 is 16.6 Å². The van der Waals surface area contributed by atoms with Gasteiger partial charge in [0.15, 0.2) is 0 Å². The van der Waals surface area contributed by atoms with Crippen molar-refractivity contribution < 1.29 is 13.0 Å². The standard InChI is InChI=1S/C13H11F2NOS/c14-10-1-3-13(4-2-10)18(17)8-9-5-11(15)7-12(16)6-9/h1-7H,8,16H2. The second-order valence-corrected chi connectivity index (χ2v) is 5.29. The maximum atomic E-state index is 13.1. The van der Waals surface area contributed by atoms with Crippen LogP contribution in [0.3, 0.4) is 0 Å². The van der Waals surface area contributed by atoms with Gasteiger partial charge in [-0.15, -0.1) is 0 Å². The van der Waals surface area contributed by atoms with Crippen LogP contribution in [-0.4, -0.2) is 4.21 Å². The molecule has 0 radical (unpaired) electrons. The lowest BCUT2D eigenvalue weighted by Gasteiger charge is -2.04. The van der Waals surface area contributed by atoms with E-state index in [1.165, 1.54) is 36.4 Å². The number of hydrogen-bond donors (Lipinski definition) is 1. The van der Waals surface area contributed by atoms with Crippen molar-refractivity contribution in [1.29, 1.82) is 0 Å². The van der Waals surface area contributed by atoms with Crippen molar-refractivity contribution in [2.75, 3.05) is 5.73 Å². The van der Waals surface area contributed by atoms with E-state index in [-0.39, 0.29) is 11.6 Å². The Morgan fingerprint density at radius 3 is 2.28 bits per heavy atom. The lowest BCUT2D eigenvalue weighted by Crippen LogP contribution is -1.98. The smallest absolute Gasteiger partial charge is 0.125 e. The molecule has 0 spiro atoms. The number of nitrogens with two attached hydrogens (primary N) is 1. The molecule has 0 saturated carbocycles. The molecule has 0 aromatic heterocycles. The van der Waals surface area contributed by atoms with Gasteiger partial charge in [0.2, 0.25) is 0 Å². The Morgan fingerprint density at radius 1 is 1.00 bits per heavy atom. The molecule has 0 aliphatic carbocycles. The van der Waals surface area contributed by atoms with Crippen LogP contribution >= 0.6 is 0 Å². The minimum Gasteiger partial charge on any atom is -0.399 e. The number of benzene rings is 2. The first-order chi connectivity index (χ1) is 8.54. The minimum absolute atomic E-state index is 0.146. The van der Waals surface area contributed by atoms with Crippen molar-refractivity contribution in [3.63, 3.8) is 0 Å². The van der Waals surface area contributed by atoms with E-state index in [1.807, 2.05) is 0 Å². The van der Waals surface area contributed by atoms with Gasteiger partial charge in [0, 0.05) is 10.6 Å². The molecule has 0 amide bonds. The third kappa shape index (κ3) is 3.13. The first kappa shape index (κ1) is 12.7. The van der Waals surface area contributed by atoms with Gasteiger partial charge in [-0.25, -0.2) is 8.78 Å². The number of halogens is 2. The molecule has 0 fully saturated rings. The SMILES string of the molecule is Nc1cc(F)cc(CS(=O)c2ccc(F)cc2)c1. The van der Waals surface area contributed by atoms with Gasteiger partial charge in [-0.2, -0.15) is 0 Å². The summed E-state index contributed by atoms with van der Waals surface area (Å²) in [5.74, 6) is -0.694. The summed E-state index contributed by atoms with van der Waals surface area (Å²) in [6, 6.07) is 9.45. The fraction of sp³-hybridized carbons (Fsp3) is 0.0769. The molecule has 2 N–H and O–H groups in total. The molecule has 94 valence electrons. The highest BCUT2D eigenvalue weighted by atomic mass is 32.2. The summed E-state index contributed by atoms with van der Waals surface area (Å²) in [5.41, 5.74) is 6.35. The van der Waals surface area contributed by atoms with E-state index in [0.717, 1.165) is 0 Å². The van der Waals surface area contributed by atoms with Crippen LogP contribution < -0.4 is 5.73 Å². The van der Waals surface area contributed by atoms with Crippen LogP contribution in [-0.2, 0) is 16.6 Å². The van der Waals surface area contributed by atoms with E-state index >= 15 is 0 Å². The molecular weight excluding hydrogens is 256 g/mol. The maximum Gasteiger partial charge on any atom is 0.125 e. The summed E-state index contributed by atoms with van der Waals surface area (Å²) in [6.45, 7) is 0. The Kier molecular flexibility index (Phi) is 3.72. The molecular formula is C13H11F2NOS. The molecule has 2 nitrogen and oxygen atoms in total. The molecule has 2 aromatic rings. The molecule has 1 atom stereocenters. The molecule has 0 aliphatic rings. The summed E-state index contributed by atoms with van der Waals surface area (Å²) in [5, 5.41) is 0. The van der Waals surface area contributed by atoms with Crippen molar-refractivity contribution in [3.8, 4) is 0 Å². The van der Waals surface area contributed by atoms with Crippen molar-refractivity contribution >= 4 is 16.5 Å². The third-order valence-electron chi connectivity index (χ3n) is 2.35. The van der Waals surface area contributed by atoms with Gasteiger partial charge >= 0.3 is 0 Å². The van der Waals surface area contributed by atoms with Gasteiger partial charge < -0.3 is 5.73 Å². The van der Waals surface area contributed by atoms with Crippen LogP contribution in [0.5, 0.6) is 0 Å². The fourth-order valence-electron chi connectivity index (χ4n) is 1.58. The monoisotopic (exact) mass is 267 g/mol. The quantitative estimate of drug-likeness (QED) is 0.869. The van der Waals surface area contributed by atoms with E-state index in [0.29, 0.717) is 16.1 Å². The highest BCUT2D eigenvalue weighted by molar-refractivity contribution is 7.84. The minimum atomic E-state index is -1.35. The number of rotatable bonds is 3. The van der Waals surface area contributed by atoms with Gasteiger partial charge in [0.25, 0.3) is 0 Å². The van der Waals surface area contributed by atoms with Gasteiger partial charge in [0.1, 0.15) is 11.6 Å². The number of hydrogen-bond acceptors (Lipinski definition) is 2. The lowest BCUT2D eigenvalue weighted by molar-refractivity contribution is 0.626. The Balaban J connectivity index is 2.18. The Labute approximate surface area is 106 Å². The third-order valence-corrected chi connectivity index (χ3v) is 3.75. The van der Waals surface area contributed by atoms with Crippen molar-refractivity contribution in [3.05, 3.63) is 59.7 Å². The van der Waals surface area contributed by atoms with E-state index in [9.17, 15) is 13.0 Å². The molecule has 2 aromatic carbocycles. The van der Waals surface area contributed by atoms with Gasteiger partial charge in [0.05, 0.1) is 16.6 Å². The summed E-state index contributed by atoms with van der Waals surface area (Å²) in [6.07, 6.45) is 0. The van der Waals surface area contributed by atoms with E-state index in [2.05, 4.69) is 0 Å². The highest BCUT2D eigenvalue weighted by Gasteiger charge is 2.07. The van der Waals surface area contributed by atoms with Crippen LogP contribution in [0.15, 0.2) is 47.4 Å². The van der Waals surface area contributed by atoms with E-state index in [4.69, 9.17) is 5.73 Å². The molecule has 0 aliphatic heterocycles. The summed E-state index contributed by atoms with van der Waals surface area (Å²) >= 11 is 0. The average Bonchev–Trinajstić information content (AvgIpc) is 2.28. The van der Waals surface area contributed by atoms with Crippen molar-refractivity contribution in [2.45, 2.75) is 10.6 Å². The largest absolute Gasteiger partial charge is 0.399 e. The topological polar surface area (TPSA) is 43.1 Å². The van der Waals surface area contributed by atoms with Gasteiger partial charge in [-0.05, 0) is 48.0 Å². The molecule has 0 heterocycles. The van der Waals surface area contributed by atoms with Crippen LogP contribution in [0.4, 0.5) is 14.5 Å². The van der Waals surface area contributed by atoms with Crippen molar-refractivity contribution in [1.82, 2.24) is 0 Å². The highest BCUT2D eigenvalue weighted by Crippen LogP contribution is 2.16. The first-order valence-corrected chi connectivity index (χ1v) is 6.55. The van der Waals surface area contributed by atoms with Crippen LogP contribution in [0.1, 0.15) is 5.56 Å². The maximum absolute atomic E-state index is 13.1. The molecule has 18 heavy (non-hydrogen) atoms. The summed E-state index contributed by atoms with van der Waals surface area (Å²) in [7, 11) is -1.35. The van der Waals surface area contributed by atoms with Gasteiger partial charge in [-0.3, -0.25) is 4.21 Å². The second kappa shape index (κ2) is 5.27. The molecule has 2 rings (SSSR count). The molecule has 1 unspecified atom stereocenters. The number of nitrogen functional groups attached to an aromatic ring is 1. The zero-order chi connectivity index (χ0) is 13.1. The zero-order valence-electron chi connectivity index (χ0n) is 9.40. The Bertz CT molecular complexity index is 564. The Morgan fingerprint density at radius 2 is 1.67 bits per heavy atom. The normalized spacial score (nSPS) is 12.3. The predicted octanol–water partition coefficient (Wildman–Crippen LogP) is 2.85. The van der Waals surface area contributed by atoms with Gasteiger partial charge in [-0.1, -0.05) is 0 Å².